The molecular weight excluding hydrogens is 289 g/mol. The fraction of sp³-hybridized carbons (Fsp3) is 0.462. The summed E-state index contributed by atoms with van der Waals surface area (Å²) in [5.74, 6) is -0.826. The van der Waals surface area contributed by atoms with E-state index in [1.807, 2.05) is 11.0 Å². The first-order valence-electron chi connectivity index (χ1n) is 6.06. The van der Waals surface area contributed by atoms with Crippen LogP contribution in [0.25, 0.3) is 0 Å². The molecule has 4 nitrogen and oxygen atoms in total. The molecule has 1 heterocycles. The second-order valence-corrected chi connectivity index (χ2v) is 5.27. The molecule has 104 valence electrons. The lowest BCUT2D eigenvalue weighted by molar-refractivity contribution is -0.145. The van der Waals surface area contributed by atoms with E-state index in [1.165, 1.54) is 0 Å². The number of rotatable bonds is 4. The summed E-state index contributed by atoms with van der Waals surface area (Å²) in [4.78, 5) is 13.3. The van der Waals surface area contributed by atoms with Crippen molar-refractivity contribution in [1.82, 2.24) is 4.90 Å². The van der Waals surface area contributed by atoms with Crippen molar-refractivity contribution < 1.29 is 14.6 Å². The number of ether oxygens (including phenoxy) is 1. The molecule has 0 amide bonds. The zero-order valence-electron chi connectivity index (χ0n) is 10.3. The molecule has 1 N–H and O–H groups in total. The molecule has 2 rings (SSSR count). The van der Waals surface area contributed by atoms with E-state index in [-0.39, 0.29) is 0 Å². The third-order valence-corrected chi connectivity index (χ3v) is 3.92. The van der Waals surface area contributed by atoms with Crippen LogP contribution in [0.2, 0.25) is 10.0 Å². The van der Waals surface area contributed by atoms with Gasteiger partial charge in [-0.2, -0.15) is 0 Å². The molecule has 0 spiro atoms. The average molecular weight is 304 g/mol. The van der Waals surface area contributed by atoms with Gasteiger partial charge < -0.3 is 9.84 Å². The Balaban J connectivity index is 2.11. The van der Waals surface area contributed by atoms with Crippen LogP contribution >= 0.6 is 23.2 Å². The second-order valence-electron chi connectivity index (χ2n) is 4.45. The summed E-state index contributed by atoms with van der Waals surface area (Å²) in [6.45, 7) is 2.42. The highest BCUT2D eigenvalue weighted by Gasteiger charge is 2.27. The van der Waals surface area contributed by atoms with E-state index in [1.54, 1.807) is 12.1 Å². The van der Waals surface area contributed by atoms with Crippen molar-refractivity contribution in [2.24, 2.45) is 0 Å². The van der Waals surface area contributed by atoms with Gasteiger partial charge in [0.2, 0.25) is 0 Å². The lowest BCUT2D eigenvalue weighted by Gasteiger charge is -2.32. The molecule has 1 fully saturated rings. The van der Waals surface area contributed by atoms with E-state index in [0.29, 0.717) is 42.8 Å². The molecule has 1 aliphatic heterocycles. The monoisotopic (exact) mass is 303 g/mol. The Bertz CT molecular complexity index is 461. The Morgan fingerprint density at radius 3 is 2.58 bits per heavy atom. The SMILES string of the molecule is O=C(O)[C@@H](Cc1ccc(Cl)c(Cl)c1)N1CCOCC1. The molecule has 1 atom stereocenters. The fourth-order valence-electron chi connectivity index (χ4n) is 2.15. The predicted octanol–water partition coefficient (Wildman–Crippen LogP) is 2.32. The van der Waals surface area contributed by atoms with Crippen molar-refractivity contribution in [1.29, 1.82) is 0 Å². The minimum absolute atomic E-state index is 0.409. The quantitative estimate of drug-likeness (QED) is 0.927. The molecule has 1 aliphatic rings. The van der Waals surface area contributed by atoms with Crippen molar-refractivity contribution in [3.05, 3.63) is 33.8 Å². The number of hydrogen-bond acceptors (Lipinski definition) is 3. The number of benzene rings is 1. The topological polar surface area (TPSA) is 49.8 Å². The molecule has 0 aromatic heterocycles. The second kappa shape index (κ2) is 6.57. The molecule has 19 heavy (non-hydrogen) atoms. The van der Waals surface area contributed by atoms with Crippen LogP contribution in [0.3, 0.4) is 0 Å². The Kier molecular flexibility index (Phi) is 5.05. The summed E-state index contributed by atoms with van der Waals surface area (Å²) in [5, 5.41) is 10.3. The van der Waals surface area contributed by atoms with Crippen molar-refractivity contribution >= 4 is 29.2 Å². The van der Waals surface area contributed by atoms with Crippen molar-refractivity contribution in [2.45, 2.75) is 12.5 Å². The zero-order valence-corrected chi connectivity index (χ0v) is 11.8. The van der Waals surface area contributed by atoms with Crippen LogP contribution in [0.15, 0.2) is 18.2 Å². The molecule has 1 aromatic carbocycles. The van der Waals surface area contributed by atoms with Crippen LogP contribution in [-0.4, -0.2) is 48.3 Å². The normalized spacial score (nSPS) is 18.2. The molecule has 0 aliphatic carbocycles. The van der Waals surface area contributed by atoms with Gasteiger partial charge in [0.1, 0.15) is 6.04 Å². The number of nitrogens with zero attached hydrogens (tertiary/aromatic N) is 1. The van der Waals surface area contributed by atoms with E-state index < -0.39 is 12.0 Å². The van der Waals surface area contributed by atoms with E-state index in [9.17, 15) is 9.90 Å². The van der Waals surface area contributed by atoms with E-state index in [4.69, 9.17) is 27.9 Å². The molecule has 0 unspecified atom stereocenters. The van der Waals surface area contributed by atoms with Crippen LogP contribution < -0.4 is 0 Å². The van der Waals surface area contributed by atoms with Crippen LogP contribution in [0.4, 0.5) is 0 Å². The summed E-state index contributed by atoms with van der Waals surface area (Å²) in [5.41, 5.74) is 0.869. The Labute approximate surface area is 121 Å². The summed E-state index contributed by atoms with van der Waals surface area (Å²) in [6, 6.07) is 4.67. The number of carbonyl (C=O) groups is 1. The van der Waals surface area contributed by atoms with Crippen molar-refractivity contribution in [2.75, 3.05) is 26.3 Å². The predicted molar refractivity (Wildman–Crippen MR) is 74.0 cm³/mol. The van der Waals surface area contributed by atoms with Gasteiger partial charge in [0.25, 0.3) is 0 Å². The van der Waals surface area contributed by atoms with Crippen molar-refractivity contribution in [3.8, 4) is 0 Å². The van der Waals surface area contributed by atoms with Gasteiger partial charge in [-0.15, -0.1) is 0 Å². The van der Waals surface area contributed by atoms with Gasteiger partial charge in [-0.25, -0.2) is 0 Å². The highest BCUT2D eigenvalue weighted by atomic mass is 35.5. The fourth-order valence-corrected chi connectivity index (χ4v) is 2.47. The molecule has 6 heteroatoms. The molecule has 0 saturated carbocycles. The van der Waals surface area contributed by atoms with Crippen LogP contribution in [-0.2, 0) is 16.0 Å². The van der Waals surface area contributed by atoms with Gasteiger partial charge in [-0.3, -0.25) is 9.69 Å². The van der Waals surface area contributed by atoms with Gasteiger partial charge in [-0.1, -0.05) is 29.3 Å². The Hall–Kier alpha value is -0.810. The number of aliphatic carboxylic acids is 1. The number of hydrogen-bond donors (Lipinski definition) is 1. The Morgan fingerprint density at radius 2 is 2.00 bits per heavy atom. The third kappa shape index (κ3) is 3.83. The maximum atomic E-state index is 11.4. The van der Waals surface area contributed by atoms with Crippen LogP contribution in [0.5, 0.6) is 0 Å². The average Bonchev–Trinajstić information content (AvgIpc) is 2.40. The van der Waals surface area contributed by atoms with Gasteiger partial charge in [-0.05, 0) is 24.1 Å². The third-order valence-electron chi connectivity index (χ3n) is 3.18. The molecule has 0 radical (unpaired) electrons. The largest absolute Gasteiger partial charge is 0.480 e. The zero-order chi connectivity index (χ0) is 13.8. The van der Waals surface area contributed by atoms with Crippen LogP contribution in [0.1, 0.15) is 5.56 Å². The van der Waals surface area contributed by atoms with Gasteiger partial charge in [0.15, 0.2) is 0 Å². The van der Waals surface area contributed by atoms with Crippen molar-refractivity contribution in [3.63, 3.8) is 0 Å². The maximum Gasteiger partial charge on any atom is 0.321 e. The number of halogens is 2. The number of morpholine rings is 1. The summed E-state index contributed by atoms with van der Waals surface area (Å²) in [7, 11) is 0. The number of carboxylic acids is 1. The first-order chi connectivity index (χ1) is 9.08. The summed E-state index contributed by atoms with van der Waals surface area (Å²) < 4.78 is 5.24. The molecular formula is C13H15Cl2NO3. The lowest BCUT2D eigenvalue weighted by Crippen LogP contribution is -2.48. The highest BCUT2D eigenvalue weighted by Crippen LogP contribution is 2.24. The first-order valence-corrected chi connectivity index (χ1v) is 6.82. The standard InChI is InChI=1S/C13H15Cl2NO3/c14-10-2-1-9(7-11(10)15)8-12(13(17)18)16-3-5-19-6-4-16/h1-2,7,12H,3-6,8H2,(H,17,18)/t12-/m1/s1. The van der Waals surface area contributed by atoms with Gasteiger partial charge >= 0.3 is 5.97 Å². The molecule has 1 saturated heterocycles. The summed E-state index contributed by atoms with van der Waals surface area (Å²) >= 11 is 11.8. The lowest BCUT2D eigenvalue weighted by atomic mass is 10.0. The smallest absolute Gasteiger partial charge is 0.321 e. The van der Waals surface area contributed by atoms with Gasteiger partial charge in [0, 0.05) is 13.1 Å². The first kappa shape index (κ1) is 14.6. The Morgan fingerprint density at radius 1 is 1.32 bits per heavy atom. The van der Waals surface area contributed by atoms with Crippen LogP contribution in [0, 0.1) is 0 Å². The molecule has 0 bridgehead atoms. The van der Waals surface area contributed by atoms with Gasteiger partial charge in [0.05, 0.1) is 23.3 Å². The highest BCUT2D eigenvalue weighted by molar-refractivity contribution is 6.42. The minimum atomic E-state index is -0.826. The minimum Gasteiger partial charge on any atom is -0.480 e. The summed E-state index contributed by atoms with van der Waals surface area (Å²) in [6.07, 6.45) is 0.409. The van der Waals surface area contributed by atoms with E-state index in [0.717, 1.165) is 5.56 Å². The maximum absolute atomic E-state index is 11.4. The van der Waals surface area contributed by atoms with E-state index in [2.05, 4.69) is 0 Å². The number of carboxylic acid groups (broad SMARTS) is 1. The molecule has 1 aromatic rings. The van der Waals surface area contributed by atoms with E-state index >= 15 is 0 Å².